The van der Waals surface area contributed by atoms with Crippen molar-refractivity contribution in [3.63, 3.8) is 0 Å². The molecule has 31 heavy (non-hydrogen) atoms. The summed E-state index contributed by atoms with van der Waals surface area (Å²) in [5, 5.41) is 14.2. The van der Waals surface area contributed by atoms with Crippen molar-refractivity contribution in [1.82, 2.24) is 0 Å². The summed E-state index contributed by atoms with van der Waals surface area (Å²) in [4.78, 5) is 0. The van der Waals surface area contributed by atoms with Crippen LogP contribution in [0.1, 0.15) is 27.2 Å². The van der Waals surface area contributed by atoms with Crippen LogP contribution in [0.3, 0.4) is 0 Å². The zero-order valence-corrected chi connectivity index (χ0v) is 21.1. The second-order valence-corrected chi connectivity index (χ2v) is 11.9. The predicted molar refractivity (Wildman–Crippen MR) is 134 cm³/mol. The molecule has 0 saturated carbocycles. The Morgan fingerprint density at radius 2 is 1.16 bits per heavy atom. The van der Waals surface area contributed by atoms with Crippen LogP contribution in [0.5, 0.6) is 0 Å². The van der Waals surface area contributed by atoms with Crippen LogP contribution in [0.15, 0.2) is 115 Å². The lowest BCUT2D eigenvalue weighted by Gasteiger charge is -2.26. The lowest BCUT2D eigenvalue weighted by molar-refractivity contribution is -0.0000139. The molecule has 0 aliphatic heterocycles. The summed E-state index contributed by atoms with van der Waals surface area (Å²) in [5.41, 5.74) is 0.553. The van der Waals surface area contributed by atoms with Gasteiger partial charge >= 0.3 is 0 Å². The summed E-state index contributed by atoms with van der Waals surface area (Å²) >= 11 is 0. The second kappa shape index (κ2) is 11.6. The van der Waals surface area contributed by atoms with Crippen molar-refractivity contribution < 1.29 is 22.1 Å². The molecule has 0 aliphatic carbocycles. The molecule has 3 aromatic carbocycles. The highest BCUT2D eigenvalue weighted by Gasteiger charge is 2.44. The molecule has 0 saturated heterocycles. The summed E-state index contributed by atoms with van der Waals surface area (Å²) in [6.07, 6.45) is 8.17. The summed E-state index contributed by atoms with van der Waals surface area (Å²) in [7, 11) is -1.83. The SMILES string of the molecule is CC(C=CCC(C)(C)O)=CC[P+](c1ccccc1)(c1ccccc1)c1ccccc1.[Br-]. The van der Waals surface area contributed by atoms with Gasteiger partial charge in [-0.05, 0) is 69.7 Å². The van der Waals surface area contributed by atoms with Crippen LogP contribution in [0.2, 0.25) is 0 Å². The standard InChI is InChI=1S/C28H32OP.BrH/c1-24(14-13-22-28(2,3)29)21-23-30(25-15-7-4-8-16-25,26-17-9-5-10-18-26)27-19-11-6-12-20-27;/h4-21,29H,22-23H2,1-3H3;1H/q+1;/p-1. The van der Waals surface area contributed by atoms with Crippen molar-refractivity contribution >= 4 is 23.2 Å². The quantitative estimate of drug-likeness (QED) is 0.377. The number of allylic oxidation sites excluding steroid dienone is 3. The largest absolute Gasteiger partial charge is 1.00 e. The van der Waals surface area contributed by atoms with Crippen molar-refractivity contribution in [3.8, 4) is 0 Å². The van der Waals surface area contributed by atoms with Crippen LogP contribution < -0.4 is 32.9 Å². The predicted octanol–water partition coefficient (Wildman–Crippen LogP) is 2.65. The van der Waals surface area contributed by atoms with Crippen LogP contribution in [0, 0.1) is 0 Å². The van der Waals surface area contributed by atoms with E-state index in [1.54, 1.807) is 0 Å². The van der Waals surface area contributed by atoms with Gasteiger partial charge in [-0.1, -0.05) is 72.3 Å². The Bertz CT molecular complexity index is 877. The molecule has 0 aromatic heterocycles. The summed E-state index contributed by atoms with van der Waals surface area (Å²) < 4.78 is 0. The van der Waals surface area contributed by atoms with E-state index in [1.165, 1.54) is 21.5 Å². The first kappa shape index (κ1) is 25.3. The van der Waals surface area contributed by atoms with Gasteiger partial charge in [-0.3, -0.25) is 0 Å². The maximum atomic E-state index is 9.97. The molecule has 0 heterocycles. The number of benzene rings is 3. The molecule has 1 N–H and O–H groups in total. The van der Waals surface area contributed by atoms with Crippen LogP contribution >= 0.6 is 7.26 Å². The van der Waals surface area contributed by atoms with Gasteiger partial charge in [-0.2, -0.15) is 0 Å². The molecule has 0 atom stereocenters. The van der Waals surface area contributed by atoms with Crippen LogP contribution in [-0.2, 0) is 0 Å². The Morgan fingerprint density at radius 3 is 1.52 bits per heavy atom. The van der Waals surface area contributed by atoms with Gasteiger partial charge < -0.3 is 22.1 Å². The molecule has 0 bridgehead atoms. The maximum absolute atomic E-state index is 9.97. The second-order valence-electron chi connectivity index (χ2n) is 8.37. The molecule has 0 radical (unpaired) electrons. The molecule has 0 amide bonds. The fraction of sp³-hybridized carbons (Fsp3) is 0.214. The topological polar surface area (TPSA) is 20.2 Å². The van der Waals surface area contributed by atoms with E-state index in [-0.39, 0.29) is 17.0 Å². The molecule has 0 unspecified atom stereocenters. The summed E-state index contributed by atoms with van der Waals surface area (Å²) in [5.74, 6) is 0. The van der Waals surface area contributed by atoms with Crippen molar-refractivity contribution in [3.05, 3.63) is 115 Å². The number of hydrogen-bond donors (Lipinski definition) is 1. The molecule has 0 spiro atoms. The van der Waals surface area contributed by atoms with Gasteiger partial charge in [-0.25, -0.2) is 0 Å². The first-order chi connectivity index (χ1) is 14.4. The molecule has 1 nitrogen and oxygen atoms in total. The van der Waals surface area contributed by atoms with Crippen LogP contribution in [0.4, 0.5) is 0 Å². The molecule has 3 heteroatoms. The molecule has 0 fully saturated rings. The van der Waals surface area contributed by atoms with E-state index >= 15 is 0 Å². The highest BCUT2D eigenvalue weighted by molar-refractivity contribution is 7.95. The third-order valence-corrected chi connectivity index (χ3v) is 9.55. The Labute approximate surface area is 198 Å². The molecular formula is C28H32BrOP. The monoisotopic (exact) mass is 494 g/mol. The molecule has 3 rings (SSSR count). The van der Waals surface area contributed by atoms with Gasteiger partial charge in [0.25, 0.3) is 0 Å². The smallest absolute Gasteiger partial charge is 0.115 e. The third-order valence-electron chi connectivity index (χ3n) is 5.28. The molecular weight excluding hydrogens is 463 g/mol. The fourth-order valence-electron chi connectivity index (χ4n) is 3.69. The van der Waals surface area contributed by atoms with E-state index in [1.807, 2.05) is 13.8 Å². The number of rotatable bonds is 8. The highest BCUT2D eigenvalue weighted by atomic mass is 79.9. The van der Waals surface area contributed by atoms with E-state index < -0.39 is 12.9 Å². The van der Waals surface area contributed by atoms with Crippen LogP contribution in [-0.4, -0.2) is 16.9 Å². The zero-order chi connectivity index (χ0) is 21.5. The van der Waals surface area contributed by atoms with Crippen molar-refractivity contribution in [2.45, 2.75) is 32.8 Å². The molecule has 0 aliphatic rings. The summed E-state index contributed by atoms with van der Waals surface area (Å²) in [6, 6.07) is 32.8. The summed E-state index contributed by atoms with van der Waals surface area (Å²) in [6.45, 7) is 5.83. The van der Waals surface area contributed by atoms with E-state index in [0.29, 0.717) is 6.42 Å². The van der Waals surface area contributed by atoms with Gasteiger partial charge in [0.15, 0.2) is 0 Å². The Hall–Kier alpha value is -1.99. The first-order valence-electron chi connectivity index (χ1n) is 10.5. The van der Waals surface area contributed by atoms with Crippen molar-refractivity contribution in [2.75, 3.05) is 6.16 Å². The normalized spacial score (nSPS) is 12.6. The first-order valence-corrected chi connectivity index (χ1v) is 12.5. The van der Waals surface area contributed by atoms with Crippen molar-refractivity contribution in [2.24, 2.45) is 0 Å². The van der Waals surface area contributed by atoms with E-state index in [4.69, 9.17) is 0 Å². The lowest BCUT2D eigenvalue weighted by Crippen LogP contribution is -3.00. The highest BCUT2D eigenvalue weighted by Crippen LogP contribution is 2.55. The van der Waals surface area contributed by atoms with E-state index in [2.05, 4.69) is 116 Å². The van der Waals surface area contributed by atoms with E-state index in [0.717, 1.165) is 6.16 Å². The van der Waals surface area contributed by atoms with Gasteiger partial charge in [0.1, 0.15) is 23.2 Å². The maximum Gasteiger partial charge on any atom is 0.115 e. The van der Waals surface area contributed by atoms with Crippen LogP contribution in [0.25, 0.3) is 0 Å². The fourth-order valence-corrected chi connectivity index (χ4v) is 7.83. The Kier molecular flexibility index (Phi) is 9.44. The Morgan fingerprint density at radius 1 is 0.774 bits per heavy atom. The zero-order valence-electron chi connectivity index (χ0n) is 18.6. The third kappa shape index (κ3) is 6.74. The van der Waals surface area contributed by atoms with Gasteiger partial charge in [-0.15, -0.1) is 0 Å². The minimum absolute atomic E-state index is 0. The Balaban J connectivity index is 0.00000341. The minimum atomic E-state index is -1.83. The van der Waals surface area contributed by atoms with Gasteiger partial charge in [0, 0.05) is 0 Å². The number of halogens is 1. The van der Waals surface area contributed by atoms with Crippen molar-refractivity contribution in [1.29, 1.82) is 0 Å². The van der Waals surface area contributed by atoms with E-state index in [9.17, 15) is 5.11 Å². The average Bonchev–Trinajstić information content (AvgIpc) is 2.76. The molecule has 3 aromatic rings. The lowest BCUT2D eigenvalue weighted by atomic mass is 10.1. The van der Waals surface area contributed by atoms with Gasteiger partial charge in [0.2, 0.25) is 0 Å². The number of hydrogen-bond acceptors (Lipinski definition) is 1. The minimum Gasteiger partial charge on any atom is -1.00 e. The average molecular weight is 495 g/mol. The molecule has 162 valence electrons. The van der Waals surface area contributed by atoms with Gasteiger partial charge in [0.05, 0.1) is 11.8 Å². The number of aliphatic hydroxyl groups is 1.